The van der Waals surface area contributed by atoms with Gasteiger partial charge in [-0.05, 0) is 50.6 Å². The van der Waals surface area contributed by atoms with Crippen LogP contribution in [0.5, 0.6) is 5.75 Å². The second-order valence-electron chi connectivity index (χ2n) is 6.80. The van der Waals surface area contributed by atoms with Gasteiger partial charge >= 0.3 is 0 Å². The number of nitrogens with one attached hydrogen (secondary N) is 1. The zero-order valence-corrected chi connectivity index (χ0v) is 15.5. The molecule has 1 saturated heterocycles. The number of aryl methyl sites for hydroxylation is 1. The lowest BCUT2D eigenvalue weighted by molar-refractivity contribution is -0.120. The summed E-state index contributed by atoms with van der Waals surface area (Å²) in [6.07, 6.45) is 3.92. The van der Waals surface area contributed by atoms with Crippen LogP contribution in [0.4, 0.5) is 0 Å². The number of methoxy groups -OCH3 is 1. The predicted molar refractivity (Wildman–Crippen MR) is 99.1 cm³/mol. The SMILES string of the molecule is COc1cccc(C(CNC(=O)Cc2cc(C)on2)N2CCCCC2)c1. The summed E-state index contributed by atoms with van der Waals surface area (Å²) in [6, 6.07) is 10.1. The monoisotopic (exact) mass is 357 g/mol. The minimum Gasteiger partial charge on any atom is -0.497 e. The van der Waals surface area contributed by atoms with Crippen LogP contribution in [0.3, 0.4) is 0 Å². The van der Waals surface area contributed by atoms with Gasteiger partial charge in [-0.3, -0.25) is 9.69 Å². The Labute approximate surface area is 154 Å². The van der Waals surface area contributed by atoms with Gasteiger partial charge in [-0.2, -0.15) is 0 Å². The molecule has 140 valence electrons. The van der Waals surface area contributed by atoms with Crippen molar-refractivity contribution in [2.24, 2.45) is 0 Å². The van der Waals surface area contributed by atoms with Crippen molar-refractivity contribution in [3.8, 4) is 5.75 Å². The number of ether oxygens (including phenoxy) is 1. The first-order chi connectivity index (χ1) is 12.7. The first kappa shape index (κ1) is 18.5. The zero-order valence-electron chi connectivity index (χ0n) is 15.5. The van der Waals surface area contributed by atoms with Crippen molar-refractivity contribution in [3.63, 3.8) is 0 Å². The highest BCUT2D eigenvalue weighted by molar-refractivity contribution is 5.78. The standard InChI is InChI=1S/C20H27N3O3/c1-15-11-17(22-26-15)13-20(24)21-14-19(23-9-4-3-5-10-23)16-7-6-8-18(12-16)25-2/h6-8,11-12,19H,3-5,9-10,13-14H2,1-2H3,(H,21,24). The maximum atomic E-state index is 12.3. The third-order valence-corrected chi connectivity index (χ3v) is 4.82. The number of benzene rings is 1. The summed E-state index contributed by atoms with van der Waals surface area (Å²) in [5.74, 6) is 1.52. The van der Waals surface area contributed by atoms with Gasteiger partial charge in [-0.15, -0.1) is 0 Å². The van der Waals surface area contributed by atoms with Crippen molar-refractivity contribution >= 4 is 5.91 Å². The molecule has 3 rings (SSSR count). The quantitative estimate of drug-likeness (QED) is 0.825. The highest BCUT2D eigenvalue weighted by atomic mass is 16.5. The fourth-order valence-electron chi connectivity index (χ4n) is 3.48. The van der Waals surface area contributed by atoms with Crippen LogP contribution in [0.1, 0.15) is 42.3 Å². The molecule has 0 aliphatic carbocycles. The topological polar surface area (TPSA) is 67.6 Å². The summed E-state index contributed by atoms with van der Waals surface area (Å²) in [4.78, 5) is 14.8. The largest absolute Gasteiger partial charge is 0.497 e. The van der Waals surface area contributed by atoms with Gasteiger partial charge in [0.15, 0.2) is 0 Å². The molecule has 0 radical (unpaired) electrons. The van der Waals surface area contributed by atoms with Gasteiger partial charge in [0.2, 0.25) is 5.91 Å². The van der Waals surface area contributed by atoms with Gasteiger partial charge in [0, 0.05) is 12.6 Å². The van der Waals surface area contributed by atoms with Crippen LogP contribution in [0.2, 0.25) is 0 Å². The molecule has 6 nitrogen and oxygen atoms in total. The molecular formula is C20H27N3O3. The van der Waals surface area contributed by atoms with Gasteiger partial charge in [0.25, 0.3) is 0 Å². The highest BCUT2D eigenvalue weighted by Gasteiger charge is 2.23. The number of nitrogens with zero attached hydrogens (tertiary/aromatic N) is 2. The Kier molecular flexibility index (Phi) is 6.28. The highest BCUT2D eigenvalue weighted by Crippen LogP contribution is 2.26. The van der Waals surface area contributed by atoms with E-state index < -0.39 is 0 Å². The fourth-order valence-corrected chi connectivity index (χ4v) is 3.48. The van der Waals surface area contributed by atoms with Crippen LogP contribution < -0.4 is 10.1 Å². The second-order valence-corrected chi connectivity index (χ2v) is 6.80. The first-order valence-corrected chi connectivity index (χ1v) is 9.22. The molecule has 1 atom stereocenters. The number of rotatable bonds is 7. The van der Waals surface area contributed by atoms with Crippen LogP contribution in [0.25, 0.3) is 0 Å². The molecule has 1 fully saturated rings. The zero-order chi connectivity index (χ0) is 18.4. The summed E-state index contributed by atoms with van der Waals surface area (Å²) < 4.78 is 10.4. The number of hydrogen-bond donors (Lipinski definition) is 1. The van der Waals surface area contributed by atoms with Crippen LogP contribution in [-0.2, 0) is 11.2 Å². The van der Waals surface area contributed by atoms with E-state index in [0.717, 1.165) is 24.6 Å². The Morgan fingerprint density at radius 3 is 2.81 bits per heavy atom. The van der Waals surface area contributed by atoms with Gasteiger partial charge in [0.05, 0.1) is 25.3 Å². The summed E-state index contributed by atoms with van der Waals surface area (Å²) in [6.45, 7) is 4.51. The van der Waals surface area contributed by atoms with E-state index >= 15 is 0 Å². The molecule has 6 heteroatoms. The van der Waals surface area contributed by atoms with E-state index in [2.05, 4.69) is 27.5 Å². The van der Waals surface area contributed by atoms with E-state index in [1.54, 1.807) is 13.2 Å². The van der Waals surface area contributed by atoms with E-state index in [4.69, 9.17) is 9.26 Å². The van der Waals surface area contributed by atoms with Gasteiger partial charge in [-0.1, -0.05) is 23.7 Å². The second kappa shape index (κ2) is 8.85. The van der Waals surface area contributed by atoms with Crippen molar-refractivity contribution in [2.75, 3.05) is 26.7 Å². The van der Waals surface area contributed by atoms with Gasteiger partial charge in [0.1, 0.15) is 11.5 Å². The van der Waals surface area contributed by atoms with E-state index in [1.807, 2.05) is 19.1 Å². The maximum absolute atomic E-state index is 12.3. The Bertz CT molecular complexity index is 723. The van der Waals surface area contributed by atoms with Crippen LogP contribution >= 0.6 is 0 Å². The molecule has 1 aliphatic heterocycles. The molecule has 1 aliphatic rings. The molecule has 1 aromatic carbocycles. The lowest BCUT2D eigenvalue weighted by atomic mass is 10.0. The van der Waals surface area contributed by atoms with Crippen LogP contribution in [0.15, 0.2) is 34.9 Å². The minimum atomic E-state index is -0.0387. The molecule has 1 unspecified atom stereocenters. The summed E-state index contributed by atoms with van der Waals surface area (Å²) >= 11 is 0. The number of hydrogen-bond acceptors (Lipinski definition) is 5. The van der Waals surface area contributed by atoms with E-state index in [0.29, 0.717) is 12.2 Å². The number of aromatic nitrogens is 1. The Hall–Kier alpha value is -2.34. The molecule has 2 aromatic rings. The number of likely N-dealkylation sites (tertiary alicyclic amines) is 1. The van der Waals surface area contributed by atoms with Crippen molar-refractivity contribution in [1.29, 1.82) is 0 Å². The Morgan fingerprint density at radius 1 is 1.31 bits per heavy atom. The maximum Gasteiger partial charge on any atom is 0.226 e. The Morgan fingerprint density at radius 2 is 2.12 bits per heavy atom. The number of carbonyl (C=O) groups is 1. The smallest absolute Gasteiger partial charge is 0.226 e. The molecule has 26 heavy (non-hydrogen) atoms. The van der Waals surface area contributed by atoms with E-state index in [9.17, 15) is 4.79 Å². The lowest BCUT2D eigenvalue weighted by Crippen LogP contribution is -2.41. The predicted octanol–water partition coefficient (Wildman–Crippen LogP) is 2.88. The molecule has 1 aromatic heterocycles. The fraction of sp³-hybridized carbons (Fsp3) is 0.500. The molecule has 1 N–H and O–H groups in total. The van der Waals surface area contributed by atoms with Gasteiger partial charge in [-0.25, -0.2) is 0 Å². The van der Waals surface area contributed by atoms with Crippen molar-refractivity contribution < 1.29 is 14.1 Å². The summed E-state index contributed by atoms with van der Waals surface area (Å²) in [7, 11) is 1.68. The van der Waals surface area contributed by atoms with Crippen LogP contribution in [0, 0.1) is 6.92 Å². The normalized spacial score (nSPS) is 16.2. The lowest BCUT2D eigenvalue weighted by Gasteiger charge is -2.35. The van der Waals surface area contributed by atoms with Crippen LogP contribution in [-0.4, -0.2) is 42.7 Å². The van der Waals surface area contributed by atoms with Crippen molar-refractivity contribution in [1.82, 2.24) is 15.4 Å². The van der Waals surface area contributed by atoms with Gasteiger partial charge < -0.3 is 14.6 Å². The molecule has 0 bridgehead atoms. The van der Waals surface area contributed by atoms with Crippen molar-refractivity contribution in [3.05, 3.63) is 47.3 Å². The number of piperidine rings is 1. The molecular weight excluding hydrogens is 330 g/mol. The average molecular weight is 357 g/mol. The summed E-state index contributed by atoms with van der Waals surface area (Å²) in [5, 5.41) is 6.96. The first-order valence-electron chi connectivity index (χ1n) is 9.22. The Balaban J connectivity index is 1.67. The summed E-state index contributed by atoms with van der Waals surface area (Å²) in [5.41, 5.74) is 1.83. The van der Waals surface area contributed by atoms with E-state index in [1.165, 1.54) is 24.8 Å². The molecule has 2 heterocycles. The minimum absolute atomic E-state index is 0.0387. The molecule has 0 saturated carbocycles. The third kappa shape index (κ3) is 4.85. The number of amides is 1. The molecule has 0 spiro atoms. The molecule has 1 amide bonds. The van der Waals surface area contributed by atoms with E-state index in [-0.39, 0.29) is 18.4 Å². The number of carbonyl (C=O) groups excluding carboxylic acids is 1. The van der Waals surface area contributed by atoms with Crippen molar-refractivity contribution in [2.45, 2.75) is 38.6 Å². The average Bonchev–Trinajstić information content (AvgIpc) is 3.07. The third-order valence-electron chi connectivity index (χ3n) is 4.82.